The van der Waals surface area contributed by atoms with Crippen molar-refractivity contribution >= 4 is 41.9 Å². The van der Waals surface area contributed by atoms with Gasteiger partial charge in [-0.15, -0.1) is 0 Å². The number of ether oxygens (including phenoxy) is 1. The Morgan fingerprint density at radius 2 is 1.75 bits per heavy atom. The first kappa shape index (κ1) is 29.4. The number of nitrogens with zero attached hydrogens (tertiary/aromatic N) is 5. The van der Waals surface area contributed by atoms with Crippen molar-refractivity contribution in [3.63, 3.8) is 0 Å². The van der Waals surface area contributed by atoms with E-state index >= 15 is 0 Å². The Morgan fingerprint density at radius 1 is 1.02 bits per heavy atom. The number of piperidine rings is 1. The van der Waals surface area contributed by atoms with Crippen molar-refractivity contribution in [1.82, 2.24) is 19.8 Å². The van der Waals surface area contributed by atoms with Crippen LogP contribution < -0.4 is 20.3 Å². The molecule has 2 aliphatic heterocycles. The molecule has 3 heterocycles. The zero-order chi connectivity index (χ0) is 28.3. The van der Waals surface area contributed by atoms with E-state index in [1.54, 1.807) is 13.3 Å². The first-order valence-corrected chi connectivity index (χ1v) is 17.7. The summed E-state index contributed by atoms with van der Waals surface area (Å²) in [7, 11) is 1.66. The van der Waals surface area contributed by atoms with E-state index in [1.807, 2.05) is 19.4 Å². The average molecular weight is 590 g/mol. The van der Waals surface area contributed by atoms with Gasteiger partial charge in [0.25, 0.3) is 0 Å². The van der Waals surface area contributed by atoms with Crippen LogP contribution in [0.3, 0.4) is 0 Å². The number of anilines is 4. The lowest BCUT2D eigenvalue weighted by Gasteiger charge is -2.42. The van der Waals surface area contributed by atoms with Gasteiger partial charge in [0.05, 0.1) is 26.1 Å². The fourth-order valence-corrected chi connectivity index (χ4v) is 8.54. The summed E-state index contributed by atoms with van der Waals surface area (Å²) in [6.07, 6.45) is 8.14. The van der Waals surface area contributed by atoms with E-state index < -0.39 is 7.14 Å². The van der Waals surface area contributed by atoms with Gasteiger partial charge in [-0.3, -0.25) is 4.90 Å². The molecule has 2 unspecified atom stereocenters. The second kappa shape index (κ2) is 12.8. The fraction of sp³-hybridized carbons (Fsp3) is 0.655. The Kier molecular flexibility index (Phi) is 9.45. The molecule has 40 heavy (non-hydrogen) atoms. The second-order valence-electron chi connectivity index (χ2n) is 12.0. The van der Waals surface area contributed by atoms with Gasteiger partial charge in [-0.1, -0.05) is 24.4 Å². The highest BCUT2D eigenvalue weighted by Gasteiger charge is 2.34. The number of halogens is 1. The number of nitrogens with one attached hydrogen (secondary N) is 2. The lowest BCUT2D eigenvalue weighted by molar-refractivity contribution is 0.0982. The minimum absolute atomic E-state index is 0.0871. The number of hydrogen-bond donors (Lipinski definition) is 2. The Bertz CT molecular complexity index is 1190. The zero-order valence-corrected chi connectivity index (χ0v) is 26.1. The molecule has 1 aromatic carbocycles. The van der Waals surface area contributed by atoms with Crippen molar-refractivity contribution in [3.05, 3.63) is 29.4 Å². The Labute approximate surface area is 244 Å². The summed E-state index contributed by atoms with van der Waals surface area (Å²) in [6, 6.07) is 7.04. The van der Waals surface area contributed by atoms with Crippen LogP contribution in [0.5, 0.6) is 5.75 Å². The van der Waals surface area contributed by atoms with Gasteiger partial charge in [-0.2, -0.15) is 4.98 Å². The predicted molar refractivity (Wildman–Crippen MR) is 167 cm³/mol. The van der Waals surface area contributed by atoms with Crippen LogP contribution in [0.4, 0.5) is 23.1 Å². The topological polar surface area (TPSA) is 85.9 Å². The Morgan fingerprint density at radius 3 is 2.45 bits per heavy atom. The third-order valence-corrected chi connectivity index (χ3v) is 11.4. The normalized spacial score (nSPS) is 23.7. The van der Waals surface area contributed by atoms with E-state index in [4.69, 9.17) is 21.3 Å². The van der Waals surface area contributed by atoms with Gasteiger partial charge in [0, 0.05) is 68.8 Å². The van der Waals surface area contributed by atoms with Crippen LogP contribution in [-0.2, 0) is 4.57 Å². The number of piperazine rings is 1. The largest absolute Gasteiger partial charge is 0.494 e. The maximum atomic E-state index is 12.9. The van der Waals surface area contributed by atoms with Gasteiger partial charge in [0.1, 0.15) is 10.8 Å². The zero-order valence-electron chi connectivity index (χ0n) is 24.4. The molecule has 3 fully saturated rings. The molecule has 1 aromatic heterocycles. The molecule has 0 spiro atoms. The van der Waals surface area contributed by atoms with Crippen LogP contribution in [0, 0.1) is 0 Å². The monoisotopic (exact) mass is 589 g/mol. The van der Waals surface area contributed by atoms with E-state index in [-0.39, 0.29) is 11.7 Å². The van der Waals surface area contributed by atoms with E-state index in [9.17, 15) is 4.57 Å². The van der Waals surface area contributed by atoms with Crippen LogP contribution in [0.1, 0.15) is 38.5 Å². The average Bonchev–Trinajstić information content (AvgIpc) is 2.95. The number of likely N-dealkylation sites (N-methyl/N-ethyl adjacent to an activating group) is 1. The summed E-state index contributed by atoms with van der Waals surface area (Å²) in [6.45, 7) is 10.6. The first-order valence-electron chi connectivity index (χ1n) is 14.7. The molecular weight excluding hydrogens is 545 g/mol. The standard InChI is InChI=1S/C29H45ClN7O2P/c1-35-15-17-37(18-16-35)21-11-13-36(14-12-21)22-9-10-24(26(19-22)39-2)33-29-31-20-23(30)28(34-29)32-25-7-5-6-8-27(25)40(3,4)38/h9-10,19-21,25,27H,5-8,11-18H2,1-4H3,(H2,31,32,33,34). The van der Waals surface area contributed by atoms with Crippen molar-refractivity contribution in [2.24, 2.45) is 0 Å². The highest BCUT2D eigenvalue weighted by molar-refractivity contribution is 7.63. The van der Waals surface area contributed by atoms with Gasteiger partial charge in [0.15, 0.2) is 5.82 Å². The minimum atomic E-state index is -2.25. The molecule has 0 amide bonds. The molecule has 0 radical (unpaired) electrons. The number of benzene rings is 1. The maximum Gasteiger partial charge on any atom is 0.229 e. The molecule has 3 aliphatic rings. The van der Waals surface area contributed by atoms with Crippen LogP contribution in [0.25, 0.3) is 0 Å². The molecule has 2 atom stereocenters. The predicted octanol–water partition coefficient (Wildman–Crippen LogP) is 5.44. The Balaban J connectivity index is 1.24. The third kappa shape index (κ3) is 7.04. The SMILES string of the molecule is COc1cc(N2CCC(N3CCN(C)CC3)CC2)ccc1Nc1ncc(Cl)c(NC2CCCCC2P(C)(C)=O)n1. The lowest BCUT2D eigenvalue weighted by Crippen LogP contribution is -2.52. The number of hydrogen-bond acceptors (Lipinski definition) is 9. The number of rotatable bonds is 8. The molecule has 9 nitrogen and oxygen atoms in total. The van der Waals surface area contributed by atoms with Crippen LogP contribution in [-0.4, -0.2) is 104 Å². The summed E-state index contributed by atoms with van der Waals surface area (Å²) in [5, 5.41) is 7.28. The van der Waals surface area contributed by atoms with Gasteiger partial charge in [-0.05, 0) is 58.2 Å². The highest BCUT2D eigenvalue weighted by atomic mass is 35.5. The first-order chi connectivity index (χ1) is 19.2. The van der Waals surface area contributed by atoms with Gasteiger partial charge in [-0.25, -0.2) is 4.98 Å². The molecule has 1 saturated carbocycles. The third-order valence-electron chi connectivity index (χ3n) is 8.91. The summed E-state index contributed by atoms with van der Waals surface area (Å²) in [4.78, 5) is 16.7. The van der Waals surface area contributed by atoms with Crippen molar-refractivity contribution in [2.45, 2.75) is 56.3 Å². The summed E-state index contributed by atoms with van der Waals surface area (Å²) >= 11 is 6.49. The minimum Gasteiger partial charge on any atom is -0.494 e. The number of aromatic nitrogens is 2. The van der Waals surface area contributed by atoms with Crippen LogP contribution >= 0.6 is 18.7 Å². The summed E-state index contributed by atoms with van der Waals surface area (Å²) in [5.41, 5.74) is 2.10. The second-order valence-corrected chi connectivity index (χ2v) is 15.9. The summed E-state index contributed by atoms with van der Waals surface area (Å²) < 4.78 is 18.7. The molecule has 2 N–H and O–H groups in total. The van der Waals surface area contributed by atoms with Gasteiger partial charge < -0.3 is 29.7 Å². The molecule has 1 aliphatic carbocycles. The van der Waals surface area contributed by atoms with Crippen LogP contribution in [0.15, 0.2) is 24.4 Å². The molecule has 0 bridgehead atoms. The highest BCUT2D eigenvalue weighted by Crippen LogP contribution is 2.49. The van der Waals surface area contributed by atoms with E-state index in [0.717, 1.165) is 50.2 Å². The van der Waals surface area contributed by atoms with Crippen molar-refractivity contribution in [1.29, 1.82) is 0 Å². The molecule has 2 aromatic rings. The van der Waals surface area contributed by atoms with Crippen molar-refractivity contribution in [3.8, 4) is 5.75 Å². The van der Waals surface area contributed by atoms with E-state index in [0.29, 0.717) is 22.8 Å². The molecule has 220 valence electrons. The summed E-state index contributed by atoms with van der Waals surface area (Å²) in [5.74, 6) is 1.76. The van der Waals surface area contributed by atoms with Gasteiger partial charge in [0.2, 0.25) is 5.95 Å². The number of methoxy groups -OCH3 is 1. The van der Waals surface area contributed by atoms with Gasteiger partial charge >= 0.3 is 0 Å². The smallest absolute Gasteiger partial charge is 0.229 e. The maximum absolute atomic E-state index is 12.9. The molecule has 2 saturated heterocycles. The molecular formula is C29H45ClN7O2P. The lowest BCUT2D eigenvalue weighted by atomic mass is 9.95. The molecule has 11 heteroatoms. The fourth-order valence-electron chi connectivity index (χ4n) is 6.50. The van der Waals surface area contributed by atoms with E-state index in [1.165, 1.54) is 44.7 Å². The quantitative estimate of drug-likeness (QED) is 0.391. The van der Waals surface area contributed by atoms with Crippen molar-refractivity contribution in [2.75, 3.05) is 82.3 Å². The molecule has 5 rings (SSSR count). The van der Waals surface area contributed by atoms with Crippen molar-refractivity contribution < 1.29 is 9.30 Å². The van der Waals surface area contributed by atoms with E-state index in [2.05, 4.69) is 49.5 Å². The van der Waals surface area contributed by atoms with Crippen LogP contribution in [0.2, 0.25) is 5.02 Å². The Hall–Kier alpha value is -2.06.